The molecule has 0 bridgehead atoms. The van der Waals surface area contributed by atoms with Crippen LogP contribution < -0.4 is 0 Å². The number of hydrogen-bond acceptors (Lipinski definition) is 4. The SMILES string of the molecule is CCCCCCCCCCCCOC(=O)C(CC)P(=O)=O. The Morgan fingerprint density at radius 1 is 0.857 bits per heavy atom. The van der Waals surface area contributed by atoms with E-state index in [0.717, 1.165) is 12.8 Å². The molecule has 0 spiro atoms. The van der Waals surface area contributed by atoms with Gasteiger partial charge in [-0.3, -0.25) is 4.79 Å². The van der Waals surface area contributed by atoms with E-state index in [0.29, 0.717) is 6.61 Å². The minimum absolute atomic E-state index is 0.287. The summed E-state index contributed by atoms with van der Waals surface area (Å²) in [6, 6.07) is 0. The quantitative estimate of drug-likeness (QED) is 0.244. The van der Waals surface area contributed by atoms with Crippen molar-refractivity contribution in [3.05, 3.63) is 0 Å². The first-order valence-electron chi connectivity index (χ1n) is 8.43. The number of carbonyl (C=O) groups excluding carboxylic acids is 1. The molecule has 0 fully saturated rings. The van der Waals surface area contributed by atoms with E-state index in [4.69, 9.17) is 4.74 Å². The zero-order valence-electron chi connectivity index (χ0n) is 13.6. The molecule has 0 rings (SSSR count). The molecule has 1 unspecified atom stereocenters. The molecule has 0 aliphatic carbocycles. The van der Waals surface area contributed by atoms with Crippen LogP contribution in [0.3, 0.4) is 0 Å². The molecule has 0 aliphatic heterocycles. The molecule has 0 radical (unpaired) electrons. The Morgan fingerprint density at radius 3 is 1.76 bits per heavy atom. The van der Waals surface area contributed by atoms with Crippen LogP contribution in [0.4, 0.5) is 0 Å². The summed E-state index contributed by atoms with van der Waals surface area (Å²) in [4.78, 5) is 11.5. The molecule has 0 saturated heterocycles. The van der Waals surface area contributed by atoms with Crippen molar-refractivity contribution in [1.29, 1.82) is 0 Å². The van der Waals surface area contributed by atoms with Crippen LogP contribution >= 0.6 is 7.68 Å². The molecule has 1 atom stereocenters. The summed E-state index contributed by atoms with van der Waals surface area (Å²) in [6.45, 7) is 4.25. The summed E-state index contributed by atoms with van der Waals surface area (Å²) in [7, 11) is -2.72. The molecule has 0 heterocycles. The Kier molecular flexibility index (Phi) is 13.9. The van der Waals surface area contributed by atoms with Crippen molar-refractivity contribution in [1.82, 2.24) is 0 Å². The molecule has 0 aromatic carbocycles. The van der Waals surface area contributed by atoms with Crippen molar-refractivity contribution in [2.24, 2.45) is 0 Å². The number of esters is 1. The normalized spacial score (nSPS) is 12.1. The molecule has 0 aromatic heterocycles. The molecule has 124 valence electrons. The second-order valence-electron chi connectivity index (χ2n) is 5.56. The summed E-state index contributed by atoms with van der Waals surface area (Å²) in [5.74, 6) is -0.593. The van der Waals surface area contributed by atoms with Crippen molar-refractivity contribution >= 4 is 13.6 Å². The van der Waals surface area contributed by atoms with E-state index in [2.05, 4.69) is 6.92 Å². The van der Waals surface area contributed by atoms with E-state index in [1.807, 2.05) is 0 Å². The number of unbranched alkanes of at least 4 members (excludes halogenated alkanes) is 9. The van der Waals surface area contributed by atoms with E-state index in [9.17, 15) is 13.9 Å². The van der Waals surface area contributed by atoms with Crippen molar-refractivity contribution in [3.8, 4) is 0 Å². The highest BCUT2D eigenvalue weighted by molar-refractivity contribution is 7.33. The maximum Gasteiger partial charge on any atom is 0.330 e. The smallest absolute Gasteiger partial charge is 0.330 e. The van der Waals surface area contributed by atoms with Gasteiger partial charge in [0.2, 0.25) is 0 Å². The highest BCUT2D eigenvalue weighted by atomic mass is 31.1. The molecule has 0 amide bonds. The van der Waals surface area contributed by atoms with E-state index in [1.165, 1.54) is 51.4 Å². The number of ether oxygens (including phenoxy) is 1. The number of hydrogen-bond donors (Lipinski definition) is 0. The second-order valence-corrected chi connectivity index (χ2v) is 6.75. The van der Waals surface area contributed by atoms with Crippen LogP contribution in [-0.4, -0.2) is 18.2 Å². The van der Waals surface area contributed by atoms with E-state index >= 15 is 0 Å². The van der Waals surface area contributed by atoms with Gasteiger partial charge in [0, 0.05) is 0 Å². The molecule has 0 aromatic rings. The van der Waals surface area contributed by atoms with Gasteiger partial charge in [-0.1, -0.05) is 71.6 Å². The first-order chi connectivity index (χ1) is 10.1. The second kappa shape index (κ2) is 14.3. The molecule has 0 aliphatic rings. The van der Waals surface area contributed by atoms with Gasteiger partial charge in [-0.25, -0.2) is 9.13 Å². The van der Waals surface area contributed by atoms with Crippen molar-refractivity contribution in [2.45, 2.75) is 90.1 Å². The lowest BCUT2D eigenvalue weighted by atomic mass is 10.1. The van der Waals surface area contributed by atoms with Crippen LogP contribution in [0.15, 0.2) is 0 Å². The lowest BCUT2D eigenvalue weighted by Crippen LogP contribution is -2.18. The standard InChI is InChI=1S/C16H31O4P/c1-3-5-6-7-8-9-10-11-12-13-14-20-16(17)15(4-2)21(18)19/h15H,3-14H2,1-2H3. The van der Waals surface area contributed by atoms with E-state index in [-0.39, 0.29) is 6.42 Å². The summed E-state index contributed by atoms with van der Waals surface area (Å²) >= 11 is 0. The fourth-order valence-electron chi connectivity index (χ4n) is 2.26. The number of rotatable bonds is 14. The van der Waals surface area contributed by atoms with Gasteiger partial charge in [0.25, 0.3) is 0 Å². The van der Waals surface area contributed by atoms with Crippen LogP contribution in [-0.2, 0) is 18.7 Å². The van der Waals surface area contributed by atoms with Crippen molar-refractivity contribution in [2.75, 3.05) is 6.61 Å². The van der Waals surface area contributed by atoms with E-state index < -0.39 is 19.3 Å². The topological polar surface area (TPSA) is 60.4 Å². The van der Waals surface area contributed by atoms with Gasteiger partial charge >= 0.3 is 13.6 Å². The molecule has 4 nitrogen and oxygen atoms in total. The largest absolute Gasteiger partial charge is 0.465 e. The Bertz CT molecular complexity index is 318. The average molecular weight is 318 g/mol. The summed E-state index contributed by atoms with van der Waals surface area (Å²) in [6.07, 6.45) is 12.5. The molecular formula is C16H31O4P. The lowest BCUT2D eigenvalue weighted by molar-refractivity contribution is -0.143. The molecule has 0 saturated carbocycles. The fraction of sp³-hybridized carbons (Fsp3) is 0.938. The summed E-state index contributed by atoms with van der Waals surface area (Å²) < 4.78 is 26.6. The Hall–Kier alpha value is -0.630. The van der Waals surface area contributed by atoms with Gasteiger partial charge in [0.15, 0.2) is 5.66 Å². The van der Waals surface area contributed by atoms with Gasteiger partial charge in [0.05, 0.1) is 6.61 Å². The van der Waals surface area contributed by atoms with Crippen LogP contribution in [0.25, 0.3) is 0 Å². The summed E-state index contributed by atoms with van der Waals surface area (Å²) in [5.41, 5.74) is -0.969. The monoisotopic (exact) mass is 318 g/mol. The third-order valence-electron chi connectivity index (χ3n) is 3.66. The van der Waals surface area contributed by atoms with Gasteiger partial charge in [0.1, 0.15) is 0 Å². The number of carbonyl (C=O) groups is 1. The van der Waals surface area contributed by atoms with Crippen LogP contribution in [0.1, 0.15) is 84.5 Å². The molecular weight excluding hydrogens is 287 g/mol. The molecule has 0 N–H and O–H groups in total. The Labute approximate surface area is 129 Å². The third-order valence-corrected chi connectivity index (χ3v) is 4.74. The first kappa shape index (κ1) is 20.4. The van der Waals surface area contributed by atoms with E-state index in [1.54, 1.807) is 6.92 Å². The fourth-order valence-corrected chi connectivity index (χ4v) is 2.81. The predicted octanol–water partition coefficient (Wildman–Crippen LogP) is 5.40. The van der Waals surface area contributed by atoms with Gasteiger partial charge in [-0.05, 0) is 12.8 Å². The van der Waals surface area contributed by atoms with Crippen molar-refractivity contribution in [3.63, 3.8) is 0 Å². The molecule has 5 heteroatoms. The maximum atomic E-state index is 11.5. The predicted molar refractivity (Wildman–Crippen MR) is 85.2 cm³/mol. The van der Waals surface area contributed by atoms with Crippen LogP contribution in [0.2, 0.25) is 0 Å². The molecule has 21 heavy (non-hydrogen) atoms. The van der Waals surface area contributed by atoms with Crippen LogP contribution in [0, 0.1) is 0 Å². The minimum Gasteiger partial charge on any atom is -0.465 e. The lowest BCUT2D eigenvalue weighted by Gasteiger charge is -2.07. The zero-order chi connectivity index (χ0) is 15.9. The van der Waals surface area contributed by atoms with Gasteiger partial charge in [-0.15, -0.1) is 0 Å². The first-order valence-corrected chi connectivity index (χ1v) is 9.68. The third kappa shape index (κ3) is 11.7. The minimum atomic E-state index is -2.72. The van der Waals surface area contributed by atoms with Crippen molar-refractivity contribution < 1.29 is 18.7 Å². The Balaban J connectivity index is 3.38. The zero-order valence-corrected chi connectivity index (χ0v) is 14.5. The van der Waals surface area contributed by atoms with Gasteiger partial charge < -0.3 is 4.74 Å². The highest BCUT2D eigenvalue weighted by Gasteiger charge is 2.23. The Morgan fingerprint density at radius 2 is 1.33 bits per heavy atom. The van der Waals surface area contributed by atoms with Gasteiger partial charge in [-0.2, -0.15) is 0 Å². The van der Waals surface area contributed by atoms with Crippen LogP contribution in [0.5, 0.6) is 0 Å². The highest BCUT2D eigenvalue weighted by Crippen LogP contribution is 2.19. The summed E-state index contributed by atoms with van der Waals surface area (Å²) in [5, 5.41) is 0. The maximum absolute atomic E-state index is 11.5. The average Bonchev–Trinajstić information content (AvgIpc) is 2.45.